The first-order valence-corrected chi connectivity index (χ1v) is 7.15. The third kappa shape index (κ3) is 3.95. The molecular weight excluding hydrogens is 280 g/mol. The van der Waals surface area contributed by atoms with E-state index in [1.54, 1.807) is 6.92 Å². The zero-order valence-corrected chi connectivity index (χ0v) is 12.4. The molecule has 2 rings (SSSR count). The third-order valence-electron chi connectivity index (χ3n) is 3.37. The summed E-state index contributed by atoms with van der Waals surface area (Å²) in [5, 5.41) is 9.16. The van der Waals surface area contributed by atoms with E-state index in [0.717, 1.165) is 16.7 Å². The second-order valence-corrected chi connectivity index (χ2v) is 4.91. The Balaban J connectivity index is 2.13. The molecule has 0 saturated carbocycles. The molecule has 0 fully saturated rings. The predicted octanol–water partition coefficient (Wildman–Crippen LogP) is 3.16. The fourth-order valence-electron chi connectivity index (χ4n) is 2.21. The minimum atomic E-state index is -1.16. The number of hydrogen-bond donors (Lipinski definition) is 1. The maximum absolute atomic E-state index is 11.7. The van der Waals surface area contributed by atoms with E-state index in [4.69, 9.17) is 9.84 Å². The van der Waals surface area contributed by atoms with Gasteiger partial charge in [0.15, 0.2) is 5.92 Å². The lowest BCUT2D eigenvalue weighted by atomic mass is 9.97. The van der Waals surface area contributed by atoms with E-state index in [9.17, 15) is 9.59 Å². The van der Waals surface area contributed by atoms with Gasteiger partial charge in [0, 0.05) is 0 Å². The van der Waals surface area contributed by atoms with Crippen molar-refractivity contribution in [2.24, 2.45) is 5.92 Å². The fourth-order valence-corrected chi connectivity index (χ4v) is 2.21. The minimum absolute atomic E-state index is 0.128. The van der Waals surface area contributed by atoms with Crippen molar-refractivity contribution in [3.05, 3.63) is 60.2 Å². The molecule has 2 aromatic rings. The molecule has 0 aliphatic carbocycles. The van der Waals surface area contributed by atoms with Gasteiger partial charge in [-0.3, -0.25) is 9.59 Å². The minimum Gasteiger partial charge on any atom is -0.481 e. The van der Waals surface area contributed by atoms with E-state index in [2.05, 4.69) is 0 Å². The number of hydrogen-bond acceptors (Lipinski definition) is 3. The molecule has 0 aliphatic heterocycles. The molecule has 4 heteroatoms. The Morgan fingerprint density at radius 1 is 1.00 bits per heavy atom. The molecule has 1 atom stereocenters. The summed E-state index contributed by atoms with van der Waals surface area (Å²) < 4.78 is 4.81. The molecule has 0 radical (unpaired) electrons. The summed E-state index contributed by atoms with van der Waals surface area (Å²) in [5.41, 5.74) is 2.93. The van der Waals surface area contributed by atoms with Crippen LogP contribution in [-0.4, -0.2) is 23.7 Å². The lowest BCUT2D eigenvalue weighted by Gasteiger charge is -2.11. The highest BCUT2D eigenvalue weighted by Gasteiger charge is 2.27. The normalized spacial score (nSPS) is 11.7. The average Bonchev–Trinajstić information content (AvgIpc) is 2.54. The van der Waals surface area contributed by atoms with Crippen molar-refractivity contribution in [3.8, 4) is 11.1 Å². The van der Waals surface area contributed by atoms with Gasteiger partial charge in [0.1, 0.15) is 0 Å². The van der Waals surface area contributed by atoms with Crippen LogP contribution in [0.25, 0.3) is 11.1 Å². The van der Waals surface area contributed by atoms with E-state index in [0.29, 0.717) is 0 Å². The first-order valence-electron chi connectivity index (χ1n) is 7.15. The van der Waals surface area contributed by atoms with E-state index >= 15 is 0 Å². The van der Waals surface area contributed by atoms with Crippen molar-refractivity contribution in [2.45, 2.75) is 13.3 Å². The van der Waals surface area contributed by atoms with Crippen molar-refractivity contribution in [3.63, 3.8) is 0 Å². The molecule has 4 nitrogen and oxygen atoms in total. The molecule has 0 spiro atoms. The highest BCUT2D eigenvalue weighted by molar-refractivity contribution is 5.94. The van der Waals surface area contributed by atoms with Gasteiger partial charge in [-0.2, -0.15) is 0 Å². The van der Waals surface area contributed by atoms with Crippen LogP contribution in [0.3, 0.4) is 0 Å². The molecule has 0 saturated heterocycles. The first kappa shape index (κ1) is 15.8. The summed E-state index contributed by atoms with van der Waals surface area (Å²) in [7, 11) is 0. The fraction of sp³-hybridized carbons (Fsp3) is 0.222. The summed E-state index contributed by atoms with van der Waals surface area (Å²) >= 11 is 0. The van der Waals surface area contributed by atoms with Gasteiger partial charge in [-0.25, -0.2) is 0 Å². The number of ether oxygens (including phenoxy) is 1. The summed E-state index contributed by atoms with van der Waals surface area (Å²) in [4.78, 5) is 22.9. The quantitative estimate of drug-likeness (QED) is 0.657. The lowest BCUT2D eigenvalue weighted by Crippen LogP contribution is -2.27. The molecular formula is C18H18O4. The van der Waals surface area contributed by atoms with E-state index < -0.39 is 17.9 Å². The van der Waals surface area contributed by atoms with E-state index in [-0.39, 0.29) is 13.0 Å². The topological polar surface area (TPSA) is 63.6 Å². The number of carboxylic acids is 1. The number of aliphatic carboxylic acids is 1. The molecule has 0 aliphatic rings. The Hall–Kier alpha value is -2.62. The zero-order valence-electron chi connectivity index (χ0n) is 12.4. The monoisotopic (exact) mass is 298 g/mol. The first-order chi connectivity index (χ1) is 10.6. The Kier molecular flexibility index (Phi) is 5.31. The van der Waals surface area contributed by atoms with Crippen molar-refractivity contribution in [1.82, 2.24) is 0 Å². The largest absolute Gasteiger partial charge is 0.481 e. The van der Waals surface area contributed by atoms with Crippen LogP contribution in [0.4, 0.5) is 0 Å². The van der Waals surface area contributed by atoms with Crippen LogP contribution < -0.4 is 0 Å². The molecule has 0 amide bonds. The van der Waals surface area contributed by atoms with Crippen LogP contribution in [0.1, 0.15) is 12.5 Å². The molecule has 1 N–H and O–H groups in total. The standard InChI is InChI=1S/C18H18O4/c1-2-22-18(21)16(17(19)20)12-13-8-10-15(11-9-13)14-6-4-3-5-7-14/h3-11,16H,2,12H2,1H3,(H,19,20). The number of carbonyl (C=O) groups is 2. The van der Waals surface area contributed by atoms with Crippen molar-refractivity contribution >= 4 is 11.9 Å². The Morgan fingerprint density at radius 3 is 2.14 bits per heavy atom. The summed E-state index contributed by atoms with van der Waals surface area (Å²) in [6.45, 7) is 1.83. The van der Waals surface area contributed by atoms with E-state index in [1.807, 2.05) is 54.6 Å². The van der Waals surface area contributed by atoms with Gasteiger partial charge in [-0.15, -0.1) is 0 Å². The van der Waals surface area contributed by atoms with Gasteiger partial charge in [0.2, 0.25) is 0 Å². The SMILES string of the molecule is CCOC(=O)C(Cc1ccc(-c2ccccc2)cc1)C(=O)O. The third-order valence-corrected chi connectivity index (χ3v) is 3.37. The number of carboxylic acid groups (broad SMARTS) is 1. The highest BCUT2D eigenvalue weighted by atomic mass is 16.5. The molecule has 2 aromatic carbocycles. The van der Waals surface area contributed by atoms with Crippen LogP contribution in [0.2, 0.25) is 0 Å². The maximum atomic E-state index is 11.7. The molecule has 22 heavy (non-hydrogen) atoms. The Labute approximate surface area is 129 Å². The van der Waals surface area contributed by atoms with Crippen LogP contribution in [0.5, 0.6) is 0 Å². The number of carbonyl (C=O) groups excluding carboxylic acids is 1. The van der Waals surface area contributed by atoms with Crippen LogP contribution in [0.15, 0.2) is 54.6 Å². The number of esters is 1. The number of rotatable bonds is 6. The second kappa shape index (κ2) is 7.41. The molecule has 0 bridgehead atoms. The Bertz CT molecular complexity index is 632. The molecule has 1 unspecified atom stereocenters. The van der Waals surface area contributed by atoms with Gasteiger partial charge >= 0.3 is 11.9 Å². The van der Waals surface area contributed by atoms with Crippen molar-refractivity contribution in [2.75, 3.05) is 6.61 Å². The van der Waals surface area contributed by atoms with Gasteiger partial charge < -0.3 is 9.84 Å². The summed E-state index contributed by atoms with van der Waals surface area (Å²) in [6.07, 6.45) is 0.128. The van der Waals surface area contributed by atoms with Gasteiger partial charge in [0.05, 0.1) is 6.61 Å². The zero-order chi connectivity index (χ0) is 15.9. The average molecular weight is 298 g/mol. The number of benzene rings is 2. The lowest BCUT2D eigenvalue weighted by molar-refractivity contribution is -0.158. The molecule has 114 valence electrons. The van der Waals surface area contributed by atoms with Gasteiger partial charge in [-0.1, -0.05) is 54.6 Å². The van der Waals surface area contributed by atoms with Gasteiger partial charge in [-0.05, 0) is 30.0 Å². The Morgan fingerprint density at radius 2 is 1.59 bits per heavy atom. The highest BCUT2D eigenvalue weighted by Crippen LogP contribution is 2.20. The summed E-state index contributed by atoms with van der Waals surface area (Å²) in [6, 6.07) is 17.4. The molecule has 0 heterocycles. The van der Waals surface area contributed by atoms with Crippen molar-refractivity contribution < 1.29 is 19.4 Å². The van der Waals surface area contributed by atoms with Crippen LogP contribution in [-0.2, 0) is 20.7 Å². The van der Waals surface area contributed by atoms with E-state index in [1.165, 1.54) is 0 Å². The van der Waals surface area contributed by atoms with Gasteiger partial charge in [0.25, 0.3) is 0 Å². The molecule has 0 aromatic heterocycles. The van der Waals surface area contributed by atoms with Crippen molar-refractivity contribution in [1.29, 1.82) is 0 Å². The smallest absolute Gasteiger partial charge is 0.320 e. The predicted molar refractivity (Wildman–Crippen MR) is 83.3 cm³/mol. The van der Waals surface area contributed by atoms with Crippen LogP contribution >= 0.6 is 0 Å². The summed E-state index contributed by atoms with van der Waals surface area (Å²) in [5.74, 6) is -3.02. The van der Waals surface area contributed by atoms with Crippen LogP contribution in [0, 0.1) is 5.92 Å². The second-order valence-electron chi connectivity index (χ2n) is 4.91. The maximum Gasteiger partial charge on any atom is 0.320 e.